The third kappa shape index (κ3) is 5.17. The Hall–Kier alpha value is -1.62. The highest BCUT2D eigenvalue weighted by molar-refractivity contribution is 5.92. The van der Waals surface area contributed by atoms with Crippen molar-refractivity contribution in [2.45, 2.75) is 33.2 Å². The second-order valence-corrected chi connectivity index (χ2v) is 4.93. The Morgan fingerprint density at radius 3 is 2.80 bits per heavy atom. The number of anilines is 1. The van der Waals surface area contributed by atoms with E-state index in [0.29, 0.717) is 18.3 Å². The normalized spacial score (nSPS) is 12.2. The topological polar surface area (TPSA) is 57.3 Å². The van der Waals surface area contributed by atoms with Crippen molar-refractivity contribution in [1.82, 2.24) is 15.2 Å². The van der Waals surface area contributed by atoms with Gasteiger partial charge in [-0.25, -0.2) is 4.98 Å². The van der Waals surface area contributed by atoms with Crippen molar-refractivity contribution in [3.05, 3.63) is 23.9 Å². The minimum absolute atomic E-state index is 0.123. The molecule has 0 aromatic carbocycles. The van der Waals surface area contributed by atoms with Gasteiger partial charge in [0.2, 0.25) is 0 Å². The summed E-state index contributed by atoms with van der Waals surface area (Å²) >= 11 is 0. The largest absolute Gasteiger partial charge is 0.370 e. The Morgan fingerprint density at radius 1 is 1.40 bits per heavy atom. The number of rotatable bonds is 8. The van der Waals surface area contributed by atoms with Gasteiger partial charge in [0.25, 0.3) is 5.91 Å². The first-order valence-electron chi connectivity index (χ1n) is 7.27. The molecule has 5 heteroatoms. The highest BCUT2D eigenvalue weighted by Gasteiger charge is 2.09. The van der Waals surface area contributed by atoms with E-state index in [-0.39, 0.29) is 5.91 Å². The van der Waals surface area contributed by atoms with E-state index in [1.54, 1.807) is 6.07 Å². The average Bonchev–Trinajstić information content (AvgIpc) is 2.46. The summed E-state index contributed by atoms with van der Waals surface area (Å²) < 4.78 is 0. The van der Waals surface area contributed by atoms with Gasteiger partial charge in [-0.1, -0.05) is 13.0 Å². The van der Waals surface area contributed by atoms with Crippen LogP contribution in [0, 0.1) is 0 Å². The van der Waals surface area contributed by atoms with Crippen LogP contribution >= 0.6 is 0 Å². The monoisotopic (exact) mass is 278 g/mol. The smallest absolute Gasteiger partial charge is 0.270 e. The molecule has 0 bridgehead atoms. The molecule has 1 amide bonds. The van der Waals surface area contributed by atoms with Crippen molar-refractivity contribution >= 4 is 11.7 Å². The summed E-state index contributed by atoms with van der Waals surface area (Å²) in [4.78, 5) is 18.5. The Kier molecular flexibility index (Phi) is 7.01. The van der Waals surface area contributed by atoms with Gasteiger partial charge in [0, 0.05) is 25.7 Å². The van der Waals surface area contributed by atoms with Crippen LogP contribution in [0.15, 0.2) is 18.2 Å². The van der Waals surface area contributed by atoms with E-state index in [2.05, 4.69) is 41.4 Å². The zero-order valence-corrected chi connectivity index (χ0v) is 12.9. The fourth-order valence-corrected chi connectivity index (χ4v) is 1.81. The van der Waals surface area contributed by atoms with Crippen molar-refractivity contribution in [3.8, 4) is 0 Å². The third-order valence-electron chi connectivity index (χ3n) is 3.43. The van der Waals surface area contributed by atoms with Gasteiger partial charge in [-0.05, 0) is 39.4 Å². The van der Waals surface area contributed by atoms with Gasteiger partial charge in [0.1, 0.15) is 11.5 Å². The molecule has 0 aliphatic rings. The van der Waals surface area contributed by atoms with Gasteiger partial charge in [-0.3, -0.25) is 4.79 Å². The number of pyridine rings is 1. The molecule has 20 heavy (non-hydrogen) atoms. The Bertz CT molecular complexity index is 422. The molecule has 0 spiro atoms. The van der Waals surface area contributed by atoms with Crippen LogP contribution < -0.4 is 10.6 Å². The lowest BCUT2D eigenvalue weighted by molar-refractivity contribution is 0.0942. The minimum Gasteiger partial charge on any atom is -0.370 e. The molecular weight excluding hydrogens is 252 g/mol. The molecule has 5 nitrogen and oxygen atoms in total. The lowest BCUT2D eigenvalue weighted by Crippen LogP contribution is -2.37. The van der Waals surface area contributed by atoms with E-state index >= 15 is 0 Å². The lowest BCUT2D eigenvalue weighted by Gasteiger charge is -2.23. The standard InChI is InChI=1S/C15H26N4O/c1-5-12(3)19(4)11-10-17-15(20)13-8-7-9-14(18-13)16-6-2/h7-9,12H,5-6,10-11H2,1-4H3,(H,16,18)(H,17,20). The number of carbonyl (C=O) groups is 1. The van der Waals surface area contributed by atoms with E-state index in [1.165, 1.54) is 0 Å². The van der Waals surface area contributed by atoms with Gasteiger partial charge in [-0.2, -0.15) is 0 Å². The van der Waals surface area contributed by atoms with Gasteiger partial charge in [0.05, 0.1) is 0 Å². The summed E-state index contributed by atoms with van der Waals surface area (Å²) in [5.74, 6) is 0.610. The predicted octanol–water partition coefficient (Wildman–Crippen LogP) is 1.97. The maximum absolute atomic E-state index is 12.0. The fourth-order valence-electron chi connectivity index (χ4n) is 1.81. The first kappa shape index (κ1) is 16.4. The first-order chi connectivity index (χ1) is 9.58. The van der Waals surface area contributed by atoms with Crippen molar-refractivity contribution in [3.63, 3.8) is 0 Å². The van der Waals surface area contributed by atoms with Crippen LogP contribution in [-0.4, -0.2) is 48.5 Å². The van der Waals surface area contributed by atoms with Crippen molar-refractivity contribution in [1.29, 1.82) is 0 Å². The lowest BCUT2D eigenvalue weighted by atomic mass is 10.2. The second-order valence-electron chi connectivity index (χ2n) is 4.93. The van der Waals surface area contributed by atoms with Crippen LogP contribution in [0.2, 0.25) is 0 Å². The summed E-state index contributed by atoms with van der Waals surface area (Å²) in [5, 5.41) is 6.01. The van der Waals surface area contributed by atoms with Crippen LogP contribution in [0.5, 0.6) is 0 Å². The van der Waals surface area contributed by atoms with E-state index in [4.69, 9.17) is 0 Å². The molecule has 0 saturated heterocycles. The van der Waals surface area contributed by atoms with Crippen LogP contribution in [0.25, 0.3) is 0 Å². The molecule has 0 fully saturated rings. The molecule has 0 aliphatic carbocycles. The fraction of sp³-hybridized carbons (Fsp3) is 0.600. The number of hydrogen-bond donors (Lipinski definition) is 2. The maximum atomic E-state index is 12.0. The average molecular weight is 278 g/mol. The Labute approximate surface area is 121 Å². The number of hydrogen-bond acceptors (Lipinski definition) is 4. The first-order valence-corrected chi connectivity index (χ1v) is 7.27. The van der Waals surface area contributed by atoms with E-state index in [1.807, 2.05) is 19.1 Å². The number of aromatic nitrogens is 1. The summed E-state index contributed by atoms with van der Waals surface area (Å²) in [5.41, 5.74) is 0.453. The molecule has 1 unspecified atom stereocenters. The number of carbonyl (C=O) groups excluding carboxylic acids is 1. The molecule has 0 aliphatic heterocycles. The predicted molar refractivity (Wildman–Crippen MR) is 83.1 cm³/mol. The number of amides is 1. The van der Waals surface area contributed by atoms with Gasteiger partial charge in [-0.15, -0.1) is 0 Å². The van der Waals surface area contributed by atoms with E-state index in [9.17, 15) is 4.79 Å². The number of nitrogens with one attached hydrogen (secondary N) is 2. The summed E-state index contributed by atoms with van der Waals surface area (Å²) in [7, 11) is 2.07. The number of nitrogens with zero attached hydrogens (tertiary/aromatic N) is 2. The molecule has 112 valence electrons. The quantitative estimate of drug-likeness (QED) is 0.763. The van der Waals surface area contributed by atoms with E-state index < -0.39 is 0 Å². The molecule has 1 rings (SSSR count). The summed E-state index contributed by atoms with van der Waals surface area (Å²) in [6, 6.07) is 5.96. The second kappa shape index (κ2) is 8.53. The van der Waals surface area contributed by atoms with Gasteiger partial charge >= 0.3 is 0 Å². The van der Waals surface area contributed by atoms with Crippen molar-refractivity contribution in [2.24, 2.45) is 0 Å². The van der Waals surface area contributed by atoms with Gasteiger partial charge in [0.15, 0.2) is 0 Å². The molecule has 1 aromatic heterocycles. The van der Waals surface area contributed by atoms with Gasteiger partial charge < -0.3 is 15.5 Å². The summed E-state index contributed by atoms with van der Waals surface area (Å²) in [6.45, 7) is 8.61. The summed E-state index contributed by atoms with van der Waals surface area (Å²) in [6.07, 6.45) is 1.11. The highest BCUT2D eigenvalue weighted by Crippen LogP contribution is 2.04. The van der Waals surface area contributed by atoms with Crippen LogP contribution in [0.3, 0.4) is 0 Å². The zero-order chi connectivity index (χ0) is 15.0. The minimum atomic E-state index is -0.123. The molecule has 2 N–H and O–H groups in total. The highest BCUT2D eigenvalue weighted by atomic mass is 16.1. The molecule has 0 radical (unpaired) electrons. The number of likely N-dealkylation sites (N-methyl/N-ethyl adjacent to an activating group) is 1. The van der Waals surface area contributed by atoms with Crippen molar-refractivity contribution in [2.75, 3.05) is 32.0 Å². The molecule has 1 aromatic rings. The molecule has 1 heterocycles. The molecule has 0 saturated carbocycles. The van der Waals surface area contributed by atoms with Crippen LogP contribution in [0.4, 0.5) is 5.82 Å². The van der Waals surface area contributed by atoms with E-state index in [0.717, 1.165) is 25.3 Å². The van der Waals surface area contributed by atoms with Crippen molar-refractivity contribution < 1.29 is 4.79 Å². The maximum Gasteiger partial charge on any atom is 0.270 e. The molecule has 1 atom stereocenters. The SMILES string of the molecule is CCNc1cccc(C(=O)NCCN(C)C(C)CC)n1. The Morgan fingerprint density at radius 2 is 2.15 bits per heavy atom. The third-order valence-corrected chi connectivity index (χ3v) is 3.43. The zero-order valence-electron chi connectivity index (χ0n) is 12.9. The Balaban J connectivity index is 2.44. The molecular formula is C15H26N4O. The van der Waals surface area contributed by atoms with Crippen LogP contribution in [0.1, 0.15) is 37.7 Å². The van der Waals surface area contributed by atoms with Crippen LogP contribution in [-0.2, 0) is 0 Å².